The molecule has 2 rings (SSSR count). The highest BCUT2D eigenvalue weighted by Gasteiger charge is 2.17. The third kappa shape index (κ3) is 3.51. The maximum absolute atomic E-state index is 11.3. The predicted molar refractivity (Wildman–Crippen MR) is 79.2 cm³/mol. The molecule has 108 valence electrons. The molecule has 0 spiro atoms. The maximum Gasteiger partial charge on any atom is 0.254 e. The van der Waals surface area contributed by atoms with E-state index in [9.17, 15) is 9.59 Å². The Labute approximate surface area is 131 Å². The van der Waals surface area contributed by atoms with Gasteiger partial charge in [-0.1, -0.05) is 29.3 Å². The minimum Gasteiger partial charge on any atom is -0.365 e. The van der Waals surface area contributed by atoms with Crippen molar-refractivity contribution in [3.8, 4) is 0 Å². The molecule has 0 fully saturated rings. The molecular weight excluding hydrogens is 313 g/mol. The van der Waals surface area contributed by atoms with Crippen molar-refractivity contribution in [1.29, 1.82) is 0 Å². The van der Waals surface area contributed by atoms with E-state index in [4.69, 9.17) is 34.7 Å². The van der Waals surface area contributed by atoms with Gasteiger partial charge in [0.1, 0.15) is 11.1 Å². The quantitative estimate of drug-likeness (QED) is 0.835. The van der Waals surface area contributed by atoms with Gasteiger partial charge in [-0.05, 0) is 18.2 Å². The second kappa shape index (κ2) is 6.11. The van der Waals surface area contributed by atoms with Crippen LogP contribution in [0.2, 0.25) is 10.0 Å². The van der Waals surface area contributed by atoms with Crippen LogP contribution in [0.1, 0.15) is 26.3 Å². The normalized spacial score (nSPS) is 10.4. The summed E-state index contributed by atoms with van der Waals surface area (Å²) in [6.45, 7) is 0.278. The summed E-state index contributed by atoms with van der Waals surface area (Å²) in [4.78, 5) is 22.6. The summed E-state index contributed by atoms with van der Waals surface area (Å²) in [7, 11) is 0. The topological polar surface area (TPSA) is 90.1 Å². The van der Waals surface area contributed by atoms with Gasteiger partial charge < -0.3 is 11.5 Å². The molecule has 0 aliphatic carbocycles. The second-order valence-electron chi connectivity index (χ2n) is 4.41. The van der Waals surface area contributed by atoms with Gasteiger partial charge in [-0.15, -0.1) is 0 Å². The number of aromatic nitrogens is 1. The van der Waals surface area contributed by atoms with Crippen LogP contribution in [0, 0.1) is 0 Å². The Hall–Kier alpha value is -2.11. The minimum absolute atomic E-state index is 0.175. The van der Waals surface area contributed by atoms with Gasteiger partial charge in [-0.3, -0.25) is 9.59 Å². The van der Waals surface area contributed by atoms with Gasteiger partial charge in [0, 0.05) is 0 Å². The largest absolute Gasteiger partial charge is 0.365 e. The van der Waals surface area contributed by atoms with Crippen LogP contribution in [0.4, 0.5) is 0 Å². The standard InChI is InChI=1S/C14H11Cl2N3O2/c15-11-2-1-3-12(16)10(11)7-19-5-8(13(17)20)4-9(6-19)14(18)21/h1-6H,7H2,(H3-,17,18,20,21)/p+1. The van der Waals surface area contributed by atoms with Crippen LogP contribution in [0.5, 0.6) is 0 Å². The van der Waals surface area contributed by atoms with E-state index >= 15 is 0 Å². The Morgan fingerprint density at radius 3 is 1.90 bits per heavy atom. The van der Waals surface area contributed by atoms with E-state index in [1.54, 1.807) is 22.8 Å². The van der Waals surface area contributed by atoms with Crippen molar-refractivity contribution in [3.63, 3.8) is 0 Å². The van der Waals surface area contributed by atoms with Crippen LogP contribution in [0.3, 0.4) is 0 Å². The Morgan fingerprint density at radius 1 is 1.00 bits per heavy atom. The number of pyridine rings is 1. The number of benzene rings is 1. The average Bonchev–Trinajstić information content (AvgIpc) is 2.42. The fraction of sp³-hybridized carbons (Fsp3) is 0.0714. The maximum atomic E-state index is 11.3. The van der Waals surface area contributed by atoms with Crippen molar-refractivity contribution in [2.45, 2.75) is 6.54 Å². The van der Waals surface area contributed by atoms with Gasteiger partial charge in [0.2, 0.25) is 0 Å². The van der Waals surface area contributed by atoms with Crippen molar-refractivity contribution in [1.82, 2.24) is 0 Å². The van der Waals surface area contributed by atoms with E-state index in [0.29, 0.717) is 15.6 Å². The Bertz CT molecular complexity index is 680. The van der Waals surface area contributed by atoms with E-state index in [1.165, 1.54) is 18.5 Å². The zero-order valence-corrected chi connectivity index (χ0v) is 12.4. The monoisotopic (exact) mass is 324 g/mol. The smallest absolute Gasteiger partial charge is 0.254 e. The summed E-state index contributed by atoms with van der Waals surface area (Å²) >= 11 is 12.2. The molecule has 0 aliphatic heterocycles. The number of amides is 2. The van der Waals surface area contributed by atoms with Crippen LogP contribution in [-0.2, 0) is 6.54 Å². The number of nitrogens with zero attached hydrogens (tertiary/aromatic N) is 1. The van der Waals surface area contributed by atoms with Gasteiger partial charge in [-0.2, -0.15) is 4.57 Å². The van der Waals surface area contributed by atoms with Gasteiger partial charge in [0.05, 0.1) is 15.6 Å². The van der Waals surface area contributed by atoms with Gasteiger partial charge >= 0.3 is 0 Å². The van der Waals surface area contributed by atoms with Crippen LogP contribution in [0.15, 0.2) is 36.7 Å². The first kappa shape index (κ1) is 15.3. The first-order chi connectivity index (χ1) is 9.88. The molecule has 5 nitrogen and oxygen atoms in total. The first-order valence-corrected chi connectivity index (χ1v) is 6.70. The summed E-state index contributed by atoms with van der Waals surface area (Å²) < 4.78 is 1.59. The summed E-state index contributed by atoms with van der Waals surface area (Å²) in [5.74, 6) is -1.31. The molecule has 2 aromatic rings. The molecule has 1 heterocycles. The molecule has 21 heavy (non-hydrogen) atoms. The van der Waals surface area contributed by atoms with Gasteiger partial charge in [0.15, 0.2) is 18.9 Å². The minimum atomic E-state index is -0.655. The molecule has 0 unspecified atom stereocenters. The van der Waals surface area contributed by atoms with Crippen molar-refractivity contribution < 1.29 is 14.2 Å². The van der Waals surface area contributed by atoms with Crippen LogP contribution in [0.25, 0.3) is 0 Å². The third-order valence-electron chi connectivity index (χ3n) is 2.89. The Morgan fingerprint density at radius 2 is 1.48 bits per heavy atom. The van der Waals surface area contributed by atoms with Crippen LogP contribution >= 0.6 is 23.2 Å². The molecule has 7 heteroatoms. The second-order valence-corrected chi connectivity index (χ2v) is 5.23. The lowest BCUT2D eigenvalue weighted by Gasteiger charge is -2.05. The number of primary amides is 2. The SMILES string of the molecule is NC(=O)c1cc(C(N)=O)c[n+](Cc2c(Cl)cccc2Cl)c1. The van der Waals surface area contributed by atoms with Gasteiger partial charge in [-0.25, -0.2) is 0 Å². The molecule has 0 saturated heterocycles. The molecule has 0 aliphatic rings. The molecule has 0 radical (unpaired) electrons. The lowest BCUT2D eigenvalue weighted by atomic mass is 10.1. The first-order valence-electron chi connectivity index (χ1n) is 5.95. The van der Waals surface area contributed by atoms with E-state index in [0.717, 1.165) is 0 Å². The van der Waals surface area contributed by atoms with Crippen LogP contribution in [-0.4, -0.2) is 11.8 Å². The number of hydrogen-bond donors (Lipinski definition) is 2. The Kier molecular flexibility index (Phi) is 4.45. The van der Waals surface area contributed by atoms with Gasteiger partial charge in [0.25, 0.3) is 11.8 Å². The number of carbonyl (C=O) groups excluding carboxylic acids is 2. The van der Waals surface area contributed by atoms with Crippen molar-refractivity contribution >= 4 is 35.0 Å². The van der Waals surface area contributed by atoms with Crippen molar-refractivity contribution in [2.75, 3.05) is 0 Å². The molecule has 2 amide bonds. The highest BCUT2D eigenvalue weighted by molar-refractivity contribution is 6.35. The molecule has 0 saturated carbocycles. The van der Waals surface area contributed by atoms with Crippen LogP contribution < -0.4 is 16.0 Å². The molecule has 0 atom stereocenters. The average molecular weight is 325 g/mol. The molecule has 4 N–H and O–H groups in total. The zero-order valence-electron chi connectivity index (χ0n) is 10.8. The van der Waals surface area contributed by atoms with Crippen molar-refractivity contribution in [2.24, 2.45) is 11.5 Å². The molecule has 1 aromatic heterocycles. The fourth-order valence-electron chi connectivity index (χ4n) is 1.86. The summed E-state index contributed by atoms with van der Waals surface area (Å²) in [5, 5.41) is 0.972. The zero-order chi connectivity index (χ0) is 15.6. The third-order valence-corrected chi connectivity index (χ3v) is 3.60. The predicted octanol–water partition coefficient (Wildman–Crippen LogP) is 1.53. The number of rotatable bonds is 4. The van der Waals surface area contributed by atoms with E-state index < -0.39 is 11.8 Å². The number of halogens is 2. The Balaban J connectivity index is 2.49. The van der Waals surface area contributed by atoms with E-state index in [1.807, 2.05) is 0 Å². The lowest BCUT2D eigenvalue weighted by Crippen LogP contribution is -2.37. The van der Waals surface area contributed by atoms with Crippen molar-refractivity contribution in [3.05, 3.63) is 63.4 Å². The highest BCUT2D eigenvalue weighted by atomic mass is 35.5. The molecule has 0 bridgehead atoms. The fourth-order valence-corrected chi connectivity index (χ4v) is 2.38. The van der Waals surface area contributed by atoms with E-state index in [-0.39, 0.29) is 17.7 Å². The number of carbonyl (C=O) groups is 2. The highest BCUT2D eigenvalue weighted by Crippen LogP contribution is 2.23. The number of nitrogens with two attached hydrogens (primary N) is 2. The van der Waals surface area contributed by atoms with E-state index in [2.05, 4.69) is 0 Å². The lowest BCUT2D eigenvalue weighted by molar-refractivity contribution is -0.688. The summed E-state index contributed by atoms with van der Waals surface area (Å²) in [5.41, 5.74) is 11.5. The summed E-state index contributed by atoms with van der Waals surface area (Å²) in [6, 6.07) is 6.48. The molecular formula is C14H12Cl2N3O2+. The summed E-state index contributed by atoms with van der Waals surface area (Å²) in [6.07, 6.45) is 3.02. The number of hydrogen-bond acceptors (Lipinski definition) is 2. The molecule has 1 aromatic carbocycles.